The number of fused-ring (bicyclic) bond motifs is 4. The van der Waals surface area contributed by atoms with Gasteiger partial charge in [-0.3, -0.25) is 9.78 Å². The van der Waals surface area contributed by atoms with E-state index >= 15 is 4.39 Å². The van der Waals surface area contributed by atoms with Crippen LogP contribution in [0, 0.1) is 25.1 Å². The highest BCUT2D eigenvalue weighted by atomic mass is 32.2. The van der Waals surface area contributed by atoms with Gasteiger partial charge in [-0.25, -0.2) is 23.1 Å². The van der Waals surface area contributed by atoms with Crippen molar-refractivity contribution in [3.05, 3.63) is 83.1 Å². The van der Waals surface area contributed by atoms with Crippen LogP contribution in [-0.4, -0.2) is 64.9 Å². The third kappa shape index (κ3) is 7.57. The summed E-state index contributed by atoms with van der Waals surface area (Å²) in [5.41, 5.74) is 2.55. The molecule has 11 nitrogen and oxygen atoms in total. The fraction of sp³-hybridized carbons (Fsp3) is 0.432. The Bertz CT molecular complexity index is 1990. The summed E-state index contributed by atoms with van der Waals surface area (Å²) in [5, 5.41) is 0. The zero-order valence-corrected chi connectivity index (χ0v) is 30.2. The number of anilines is 2. The van der Waals surface area contributed by atoms with Gasteiger partial charge in [0.2, 0.25) is 11.8 Å². The molecule has 1 aliphatic carbocycles. The molecule has 1 saturated carbocycles. The highest BCUT2D eigenvalue weighted by molar-refractivity contribution is 7.92. The van der Waals surface area contributed by atoms with E-state index in [4.69, 9.17) is 9.72 Å². The number of benzene rings is 2. The number of sulfonamides is 1. The molecule has 13 heteroatoms. The van der Waals surface area contributed by atoms with Crippen LogP contribution in [0.4, 0.5) is 16.2 Å². The van der Waals surface area contributed by atoms with Gasteiger partial charge in [-0.05, 0) is 80.7 Å². The number of nitrogens with zero attached hydrogens (tertiary/aromatic N) is 6. The summed E-state index contributed by atoms with van der Waals surface area (Å²) in [6.07, 6.45) is 7.90. The molecule has 1 aliphatic heterocycles. The van der Waals surface area contributed by atoms with Gasteiger partial charge in [0.15, 0.2) is 0 Å². The van der Waals surface area contributed by atoms with Crippen LogP contribution in [0.1, 0.15) is 80.1 Å². The zero-order chi connectivity index (χ0) is 35.8. The first-order valence-corrected chi connectivity index (χ1v) is 18.4. The Hall–Kier alpha value is -4.65. The molecule has 0 unspecified atom stereocenters. The minimum absolute atomic E-state index is 0.0662. The fourth-order valence-corrected chi connectivity index (χ4v) is 7.30. The Balaban J connectivity index is 1.48. The van der Waals surface area contributed by atoms with E-state index in [1.807, 2.05) is 39.1 Å². The predicted molar refractivity (Wildman–Crippen MR) is 190 cm³/mol. The lowest BCUT2D eigenvalue weighted by atomic mass is 9.88. The van der Waals surface area contributed by atoms with E-state index in [0.717, 1.165) is 24.0 Å². The van der Waals surface area contributed by atoms with E-state index < -0.39 is 33.7 Å². The topological polar surface area (TPSA) is 131 Å². The molecule has 2 aromatic heterocycles. The number of nitrogens with one attached hydrogen (secondary N) is 1. The number of hydrogen-bond acceptors (Lipinski definition) is 9. The van der Waals surface area contributed by atoms with Gasteiger partial charge in [0.1, 0.15) is 18.1 Å². The summed E-state index contributed by atoms with van der Waals surface area (Å²) in [7, 11) is -2.31. The van der Waals surface area contributed by atoms with Crippen LogP contribution in [0.5, 0.6) is 5.88 Å². The van der Waals surface area contributed by atoms with Crippen molar-refractivity contribution in [2.75, 3.05) is 23.3 Å². The molecule has 6 rings (SSSR count). The molecule has 4 bridgehead atoms. The fourth-order valence-electron chi connectivity index (χ4n) is 6.31. The van der Waals surface area contributed by atoms with E-state index in [0.29, 0.717) is 36.0 Å². The van der Waals surface area contributed by atoms with Crippen LogP contribution in [0.15, 0.2) is 59.8 Å². The molecule has 1 amide bonds. The molecule has 2 aromatic carbocycles. The quantitative estimate of drug-likeness (QED) is 0.224. The number of hydrogen-bond donors (Lipinski definition) is 1. The average molecular weight is 702 g/mol. The van der Waals surface area contributed by atoms with Crippen molar-refractivity contribution < 1.29 is 22.3 Å². The number of carbonyl (C=O) groups is 1. The number of aromatic nitrogens is 4. The molecule has 1 fully saturated rings. The maximum Gasteiger partial charge on any atom is 0.264 e. The van der Waals surface area contributed by atoms with E-state index in [9.17, 15) is 13.2 Å². The Morgan fingerprint density at radius 1 is 1.04 bits per heavy atom. The van der Waals surface area contributed by atoms with Gasteiger partial charge in [-0.1, -0.05) is 45.0 Å². The average Bonchev–Trinajstić information content (AvgIpc) is 3.04. The summed E-state index contributed by atoms with van der Waals surface area (Å²) in [4.78, 5) is 36.0. The second kappa shape index (κ2) is 13.9. The normalized spacial score (nSPS) is 17.8. The first-order chi connectivity index (χ1) is 23.7. The van der Waals surface area contributed by atoms with Crippen molar-refractivity contribution in [1.82, 2.24) is 24.8 Å². The Labute approximate surface area is 293 Å². The SMILES string of the molecule is Cc1cccc(C)c1-c1nc2nc(c1F)OC[C@@H](CCC(C)(C)C)N(Cc1cncc(N(C)C3CCC3)n1)C(=O)c1cccc(c1)S(=O)(=O)N2. The van der Waals surface area contributed by atoms with Gasteiger partial charge in [0.25, 0.3) is 21.8 Å². The molecule has 4 aromatic rings. The zero-order valence-electron chi connectivity index (χ0n) is 29.4. The van der Waals surface area contributed by atoms with Crippen LogP contribution in [0.2, 0.25) is 0 Å². The van der Waals surface area contributed by atoms with Crippen LogP contribution in [-0.2, 0) is 16.6 Å². The second-order valence-corrected chi connectivity index (χ2v) is 16.2. The maximum absolute atomic E-state index is 16.4. The van der Waals surface area contributed by atoms with E-state index in [-0.39, 0.29) is 40.7 Å². The lowest BCUT2D eigenvalue weighted by molar-refractivity contribution is 0.0546. The minimum atomic E-state index is -4.31. The first kappa shape index (κ1) is 35.2. The van der Waals surface area contributed by atoms with Crippen molar-refractivity contribution in [2.24, 2.45) is 5.41 Å². The number of ether oxygens (including phenoxy) is 1. The first-order valence-electron chi connectivity index (χ1n) is 16.9. The standard InChI is InChI=1S/C37H44FN7O4S/c1-23-10-7-11-24(2)31(23)33-32(38)34-42-36(41-33)43-50(47,48)29-15-8-12-25(18-29)35(46)45(28(22-49-34)16-17-37(3,4)5)21-26-19-39-20-30(40-26)44(6)27-13-9-14-27/h7-8,10-12,15,18-20,27-28H,9,13-14,16-17,21-22H2,1-6H3,(H,41,42,43)/t28-/m1/s1. The second-order valence-electron chi connectivity index (χ2n) is 14.5. The lowest BCUT2D eigenvalue weighted by Crippen LogP contribution is -2.44. The molecular weight excluding hydrogens is 658 g/mol. The molecule has 1 atom stereocenters. The minimum Gasteiger partial charge on any atom is -0.473 e. The van der Waals surface area contributed by atoms with E-state index in [1.165, 1.54) is 24.6 Å². The summed E-state index contributed by atoms with van der Waals surface area (Å²) in [6, 6.07) is 11.1. The number of aryl methyl sites for hydroxylation is 2. The molecule has 0 saturated heterocycles. The summed E-state index contributed by atoms with van der Waals surface area (Å²) in [6.45, 7) is 9.93. The van der Waals surface area contributed by atoms with Crippen molar-refractivity contribution in [3.63, 3.8) is 0 Å². The third-order valence-corrected chi connectivity index (χ3v) is 10.8. The van der Waals surface area contributed by atoms with Gasteiger partial charge in [-0.15, -0.1) is 0 Å². The Morgan fingerprint density at radius 2 is 1.76 bits per heavy atom. The van der Waals surface area contributed by atoms with Gasteiger partial charge >= 0.3 is 0 Å². The number of rotatable bonds is 7. The Morgan fingerprint density at radius 3 is 2.44 bits per heavy atom. The highest BCUT2D eigenvalue weighted by Gasteiger charge is 2.32. The summed E-state index contributed by atoms with van der Waals surface area (Å²) < 4.78 is 52.4. The molecule has 50 heavy (non-hydrogen) atoms. The molecule has 264 valence electrons. The van der Waals surface area contributed by atoms with E-state index in [1.54, 1.807) is 23.4 Å². The van der Waals surface area contributed by atoms with Crippen molar-refractivity contribution >= 4 is 27.7 Å². The molecular formula is C37H44FN7O4S. The van der Waals surface area contributed by atoms with Crippen LogP contribution in [0.3, 0.4) is 0 Å². The van der Waals surface area contributed by atoms with Crippen LogP contribution < -0.4 is 14.4 Å². The van der Waals surface area contributed by atoms with Gasteiger partial charge in [0.05, 0.1) is 35.6 Å². The largest absolute Gasteiger partial charge is 0.473 e. The summed E-state index contributed by atoms with van der Waals surface area (Å²) in [5.74, 6) is -1.30. The molecule has 0 radical (unpaired) electrons. The van der Waals surface area contributed by atoms with E-state index in [2.05, 4.69) is 45.3 Å². The van der Waals surface area contributed by atoms with Gasteiger partial charge < -0.3 is 14.5 Å². The molecule has 1 N–H and O–H groups in total. The number of amides is 1. The predicted octanol–water partition coefficient (Wildman–Crippen LogP) is 6.71. The number of halogens is 1. The third-order valence-electron chi connectivity index (χ3n) is 9.49. The van der Waals surface area contributed by atoms with Crippen molar-refractivity contribution in [1.29, 1.82) is 0 Å². The number of carbonyl (C=O) groups excluding carboxylic acids is 1. The molecule has 2 aliphatic rings. The summed E-state index contributed by atoms with van der Waals surface area (Å²) >= 11 is 0. The maximum atomic E-state index is 16.4. The van der Waals surface area contributed by atoms with Crippen molar-refractivity contribution in [3.8, 4) is 17.1 Å². The van der Waals surface area contributed by atoms with Gasteiger partial charge in [-0.2, -0.15) is 9.37 Å². The monoisotopic (exact) mass is 701 g/mol. The van der Waals surface area contributed by atoms with Crippen molar-refractivity contribution in [2.45, 2.75) is 90.2 Å². The highest BCUT2D eigenvalue weighted by Crippen LogP contribution is 2.34. The van der Waals surface area contributed by atoms with Crippen LogP contribution in [0.25, 0.3) is 11.3 Å². The Kier molecular flexibility index (Phi) is 9.80. The molecule has 3 heterocycles. The van der Waals surface area contributed by atoms with Gasteiger partial charge in [0, 0.05) is 24.2 Å². The van der Waals surface area contributed by atoms with Crippen LogP contribution >= 0.6 is 0 Å². The smallest absolute Gasteiger partial charge is 0.264 e. The molecule has 0 spiro atoms. The lowest BCUT2D eigenvalue weighted by Gasteiger charge is -2.36.